The van der Waals surface area contributed by atoms with Crippen LogP contribution in [0.2, 0.25) is 0 Å². The van der Waals surface area contributed by atoms with Crippen molar-refractivity contribution in [3.05, 3.63) is 58.0 Å². The summed E-state index contributed by atoms with van der Waals surface area (Å²) in [7, 11) is 1.47. The number of hydrogen-bond donors (Lipinski definition) is 1. The van der Waals surface area contributed by atoms with E-state index < -0.39 is 29.8 Å². The number of nitrogens with zero attached hydrogens (tertiary/aromatic N) is 2. The molecule has 1 aromatic heterocycles. The second-order valence-corrected chi connectivity index (χ2v) is 7.63. The van der Waals surface area contributed by atoms with E-state index in [1.54, 1.807) is 4.90 Å². The SMILES string of the molecule is Cn1cc(C(=O)N2CCCCCC2)cc(NC(=O)COc2cccc(C(F)(F)F)c2)c1=O. The average molecular weight is 451 g/mol. The summed E-state index contributed by atoms with van der Waals surface area (Å²) in [5, 5.41) is 2.39. The number of hydrogen-bond acceptors (Lipinski definition) is 4. The maximum Gasteiger partial charge on any atom is 0.416 e. The van der Waals surface area contributed by atoms with Gasteiger partial charge < -0.3 is 19.5 Å². The summed E-state index contributed by atoms with van der Waals surface area (Å²) in [5.41, 5.74) is -1.26. The predicted molar refractivity (Wildman–Crippen MR) is 112 cm³/mol. The Hall–Kier alpha value is -3.30. The average Bonchev–Trinajstić information content (AvgIpc) is 3.04. The van der Waals surface area contributed by atoms with Crippen LogP contribution in [0.4, 0.5) is 18.9 Å². The van der Waals surface area contributed by atoms with Gasteiger partial charge in [-0.15, -0.1) is 0 Å². The molecule has 1 aliphatic heterocycles. The van der Waals surface area contributed by atoms with Crippen molar-refractivity contribution in [3.63, 3.8) is 0 Å². The summed E-state index contributed by atoms with van der Waals surface area (Å²) in [6.45, 7) is 0.664. The van der Waals surface area contributed by atoms with Crippen LogP contribution >= 0.6 is 0 Å². The molecule has 0 saturated carbocycles. The van der Waals surface area contributed by atoms with Gasteiger partial charge in [0, 0.05) is 26.3 Å². The molecule has 2 amide bonds. The molecule has 10 heteroatoms. The Labute approximate surface area is 182 Å². The predicted octanol–water partition coefficient (Wildman–Crippen LogP) is 3.44. The van der Waals surface area contributed by atoms with Gasteiger partial charge in [-0.2, -0.15) is 13.2 Å². The van der Waals surface area contributed by atoms with E-state index in [0.717, 1.165) is 37.8 Å². The number of aromatic nitrogens is 1. The summed E-state index contributed by atoms with van der Waals surface area (Å²) in [6, 6.07) is 5.46. The fraction of sp³-hybridized carbons (Fsp3) is 0.409. The quantitative estimate of drug-likeness (QED) is 0.755. The molecule has 172 valence electrons. The lowest BCUT2D eigenvalue weighted by atomic mass is 10.2. The molecule has 2 heterocycles. The van der Waals surface area contributed by atoms with Gasteiger partial charge in [-0.25, -0.2) is 0 Å². The Morgan fingerprint density at radius 1 is 1.09 bits per heavy atom. The molecule has 1 aliphatic rings. The molecule has 7 nitrogen and oxygen atoms in total. The van der Waals surface area contributed by atoms with Crippen molar-refractivity contribution in [2.45, 2.75) is 31.9 Å². The number of anilines is 1. The minimum atomic E-state index is -4.53. The van der Waals surface area contributed by atoms with Gasteiger partial charge in [0.25, 0.3) is 17.4 Å². The standard InChI is InChI=1S/C22H24F3N3O4/c1-27-13-15(20(30)28-9-4-2-3-5-10-28)11-18(21(27)31)26-19(29)14-32-17-8-6-7-16(12-17)22(23,24)25/h6-8,11-13H,2-5,9-10,14H2,1H3,(H,26,29). The summed E-state index contributed by atoms with van der Waals surface area (Å²) in [5.74, 6) is -1.09. The van der Waals surface area contributed by atoms with Crippen molar-refractivity contribution in [1.29, 1.82) is 0 Å². The molecular weight excluding hydrogens is 427 g/mol. The molecule has 1 fully saturated rings. The van der Waals surface area contributed by atoms with E-state index in [4.69, 9.17) is 4.74 Å². The third-order valence-corrected chi connectivity index (χ3v) is 5.13. The zero-order valence-corrected chi connectivity index (χ0v) is 17.6. The first-order valence-corrected chi connectivity index (χ1v) is 10.2. The number of halogens is 3. The Bertz CT molecular complexity index is 1040. The number of aryl methyl sites for hydroxylation is 1. The van der Waals surface area contributed by atoms with E-state index >= 15 is 0 Å². The molecule has 2 aromatic rings. The van der Waals surface area contributed by atoms with Crippen LogP contribution in [0.5, 0.6) is 5.75 Å². The van der Waals surface area contributed by atoms with Gasteiger partial charge in [0.15, 0.2) is 6.61 Å². The minimum Gasteiger partial charge on any atom is -0.484 e. The van der Waals surface area contributed by atoms with Crippen molar-refractivity contribution in [1.82, 2.24) is 9.47 Å². The van der Waals surface area contributed by atoms with Crippen LogP contribution in [-0.2, 0) is 18.0 Å². The molecular formula is C22H24F3N3O4. The number of carbonyl (C=O) groups is 2. The van der Waals surface area contributed by atoms with Crippen LogP contribution in [0.3, 0.4) is 0 Å². The van der Waals surface area contributed by atoms with Crippen molar-refractivity contribution < 1.29 is 27.5 Å². The Morgan fingerprint density at radius 2 is 1.78 bits per heavy atom. The Kier molecular flexibility index (Phi) is 7.22. The molecule has 1 saturated heterocycles. The Morgan fingerprint density at radius 3 is 2.44 bits per heavy atom. The van der Waals surface area contributed by atoms with Gasteiger partial charge in [0.2, 0.25) is 0 Å². The van der Waals surface area contributed by atoms with Gasteiger partial charge >= 0.3 is 6.18 Å². The highest BCUT2D eigenvalue weighted by Gasteiger charge is 2.30. The normalized spacial score (nSPS) is 14.6. The van der Waals surface area contributed by atoms with Gasteiger partial charge in [0.1, 0.15) is 11.4 Å². The number of ether oxygens (including phenoxy) is 1. The van der Waals surface area contributed by atoms with E-state index in [1.165, 1.54) is 36.0 Å². The smallest absolute Gasteiger partial charge is 0.416 e. The summed E-state index contributed by atoms with van der Waals surface area (Å²) in [4.78, 5) is 39.2. The van der Waals surface area contributed by atoms with Crippen LogP contribution < -0.4 is 15.6 Å². The number of nitrogens with one attached hydrogen (secondary N) is 1. The molecule has 1 N–H and O–H groups in total. The van der Waals surface area contributed by atoms with Crippen LogP contribution in [0, 0.1) is 0 Å². The number of alkyl halides is 3. The number of likely N-dealkylation sites (tertiary alicyclic amines) is 1. The van der Waals surface area contributed by atoms with Crippen LogP contribution in [0.1, 0.15) is 41.6 Å². The highest BCUT2D eigenvalue weighted by atomic mass is 19.4. The third-order valence-electron chi connectivity index (χ3n) is 5.13. The molecule has 0 radical (unpaired) electrons. The lowest BCUT2D eigenvalue weighted by Crippen LogP contribution is -2.34. The summed E-state index contributed by atoms with van der Waals surface area (Å²) >= 11 is 0. The van der Waals surface area contributed by atoms with Crippen LogP contribution in [0.25, 0.3) is 0 Å². The first-order valence-electron chi connectivity index (χ1n) is 10.2. The van der Waals surface area contributed by atoms with E-state index in [0.29, 0.717) is 13.1 Å². The van der Waals surface area contributed by atoms with Gasteiger partial charge in [-0.1, -0.05) is 18.9 Å². The largest absolute Gasteiger partial charge is 0.484 e. The topological polar surface area (TPSA) is 80.6 Å². The van der Waals surface area contributed by atoms with E-state index in [2.05, 4.69) is 5.32 Å². The van der Waals surface area contributed by atoms with Gasteiger partial charge in [-0.05, 0) is 37.1 Å². The highest BCUT2D eigenvalue weighted by Crippen LogP contribution is 2.31. The van der Waals surface area contributed by atoms with E-state index in [1.807, 2.05) is 0 Å². The molecule has 1 aromatic carbocycles. The molecule has 32 heavy (non-hydrogen) atoms. The van der Waals surface area contributed by atoms with Crippen LogP contribution in [0.15, 0.2) is 41.3 Å². The van der Waals surface area contributed by atoms with Crippen molar-refractivity contribution in [2.24, 2.45) is 7.05 Å². The van der Waals surface area contributed by atoms with E-state index in [-0.39, 0.29) is 22.9 Å². The van der Waals surface area contributed by atoms with Gasteiger partial charge in [-0.3, -0.25) is 14.4 Å². The fourth-order valence-electron chi connectivity index (χ4n) is 3.47. The Balaban J connectivity index is 1.69. The zero-order chi connectivity index (χ0) is 23.3. The monoisotopic (exact) mass is 451 g/mol. The third kappa shape index (κ3) is 5.89. The number of pyridine rings is 1. The highest BCUT2D eigenvalue weighted by molar-refractivity contribution is 5.97. The fourth-order valence-corrected chi connectivity index (χ4v) is 3.47. The van der Waals surface area contributed by atoms with Crippen molar-refractivity contribution in [3.8, 4) is 5.75 Å². The first-order chi connectivity index (χ1) is 15.1. The summed E-state index contributed by atoms with van der Waals surface area (Å²) < 4.78 is 44.7. The number of amides is 2. The molecule has 3 rings (SSSR count). The molecule has 0 unspecified atom stereocenters. The molecule has 0 bridgehead atoms. The van der Waals surface area contributed by atoms with Gasteiger partial charge in [0.05, 0.1) is 11.1 Å². The summed E-state index contributed by atoms with van der Waals surface area (Å²) in [6.07, 6.45) is 0.828. The molecule has 0 atom stereocenters. The van der Waals surface area contributed by atoms with Crippen molar-refractivity contribution in [2.75, 3.05) is 25.0 Å². The number of benzene rings is 1. The molecule has 0 spiro atoms. The molecule has 0 aliphatic carbocycles. The maximum absolute atomic E-state index is 12.9. The number of carbonyl (C=O) groups excluding carboxylic acids is 2. The maximum atomic E-state index is 12.9. The second kappa shape index (κ2) is 9.88. The van der Waals surface area contributed by atoms with Crippen LogP contribution in [-0.4, -0.2) is 41.0 Å². The second-order valence-electron chi connectivity index (χ2n) is 7.63. The van der Waals surface area contributed by atoms with E-state index in [9.17, 15) is 27.6 Å². The lowest BCUT2D eigenvalue weighted by Gasteiger charge is -2.21. The lowest BCUT2D eigenvalue weighted by molar-refractivity contribution is -0.137. The number of rotatable bonds is 5. The first kappa shape index (κ1) is 23.4. The van der Waals surface area contributed by atoms with Crippen molar-refractivity contribution >= 4 is 17.5 Å². The minimum absolute atomic E-state index is 0.106. The zero-order valence-electron chi connectivity index (χ0n) is 17.6.